The summed E-state index contributed by atoms with van der Waals surface area (Å²) in [4.78, 5) is 12.4. The Kier molecular flexibility index (Phi) is 6.07. The first-order chi connectivity index (χ1) is 15.3. The minimum atomic E-state index is -3.25. The molecule has 0 aliphatic heterocycles. The Bertz CT molecular complexity index is 1400. The van der Waals surface area contributed by atoms with Crippen molar-refractivity contribution in [1.82, 2.24) is 4.57 Å². The van der Waals surface area contributed by atoms with Crippen molar-refractivity contribution in [1.29, 1.82) is 0 Å². The molecule has 1 amide bonds. The number of unbranched alkanes of at least 4 members (excludes halogenated alkanes) is 2. The standard InChI is InChI=1S/C26H27N2O3S/c1-3-4-5-7-18-12-15-21-24(16-18)28(23-9-6-8-22(25(21)23)26(27)29)17-19-10-13-20(14-11-19)32(2,30)31/h6,8-14,16H,3-5,7,17H2,1-2H3,(H2,27,29). The number of primary amides is 1. The molecule has 0 atom stereocenters. The van der Waals surface area contributed by atoms with E-state index in [1.807, 2.05) is 30.3 Å². The van der Waals surface area contributed by atoms with Crippen LogP contribution in [0.4, 0.5) is 0 Å². The molecule has 1 radical (unpaired) electrons. The number of hydrogen-bond donors (Lipinski definition) is 1. The van der Waals surface area contributed by atoms with E-state index in [0.717, 1.165) is 46.6 Å². The predicted molar refractivity (Wildman–Crippen MR) is 129 cm³/mol. The zero-order valence-corrected chi connectivity index (χ0v) is 19.2. The van der Waals surface area contributed by atoms with Crippen molar-refractivity contribution in [3.8, 4) is 0 Å². The van der Waals surface area contributed by atoms with Crippen molar-refractivity contribution >= 4 is 37.6 Å². The van der Waals surface area contributed by atoms with E-state index in [1.165, 1.54) is 18.2 Å². The molecule has 6 heteroatoms. The van der Waals surface area contributed by atoms with Crippen LogP contribution in [-0.4, -0.2) is 25.1 Å². The van der Waals surface area contributed by atoms with Gasteiger partial charge < -0.3 is 10.3 Å². The van der Waals surface area contributed by atoms with Crippen LogP contribution in [0.2, 0.25) is 0 Å². The van der Waals surface area contributed by atoms with Crippen molar-refractivity contribution in [2.75, 3.05) is 6.26 Å². The van der Waals surface area contributed by atoms with Gasteiger partial charge in [-0.3, -0.25) is 4.79 Å². The molecule has 0 fully saturated rings. The van der Waals surface area contributed by atoms with Gasteiger partial charge in [0, 0.05) is 29.1 Å². The fourth-order valence-electron chi connectivity index (χ4n) is 4.22. The molecule has 0 bridgehead atoms. The second-order valence-corrected chi connectivity index (χ2v) is 10.3. The van der Waals surface area contributed by atoms with Crippen molar-refractivity contribution in [2.45, 2.75) is 44.0 Å². The fraction of sp³-hybridized carbons (Fsp3) is 0.269. The summed E-state index contributed by atoms with van der Waals surface area (Å²) in [5.74, 6) is -0.465. The van der Waals surface area contributed by atoms with Crippen LogP contribution in [0, 0.1) is 6.07 Å². The van der Waals surface area contributed by atoms with Gasteiger partial charge in [-0.2, -0.15) is 0 Å². The smallest absolute Gasteiger partial charge is 0.249 e. The molecule has 0 saturated carbocycles. The maximum absolute atomic E-state index is 12.1. The van der Waals surface area contributed by atoms with Crippen molar-refractivity contribution in [3.05, 3.63) is 77.4 Å². The van der Waals surface area contributed by atoms with Gasteiger partial charge in [0.2, 0.25) is 5.91 Å². The normalized spacial score (nSPS) is 11.9. The molecule has 2 N–H and O–H groups in total. The average molecular weight is 448 g/mol. The van der Waals surface area contributed by atoms with E-state index >= 15 is 0 Å². The number of rotatable bonds is 8. The predicted octanol–water partition coefficient (Wildman–Crippen LogP) is 4.88. The van der Waals surface area contributed by atoms with Gasteiger partial charge in [0.05, 0.1) is 15.9 Å². The Balaban J connectivity index is 1.87. The molecule has 4 rings (SSSR count). The van der Waals surface area contributed by atoms with Gasteiger partial charge in [0.1, 0.15) is 0 Å². The van der Waals surface area contributed by atoms with Crippen LogP contribution < -0.4 is 5.73 Å². The molecule has 0 aliphatic rings. The summed E-state index contributed by atoms with van der Waals surface area (Å²) in [6.45, 7) is 2.73. The van der Waals surface area contributed by atoms with Gasteiger partial charge >= 0.3 is 0 Å². The van der Waals surface area contributed by atoms with Gasteiger partial charge in [-0.1, -0.05) is 44.0 Å². The molecule has 1 aromatic heterocycles. The zero-order chi connectivity index (χ0) is 22.9. The summed E-state index contributed by atoms with van der Waals surface area (Å²) in [7, 11) is -3.25. The van der Waals surface area contributed by atoms with E-state index in [2.05, 4.69) is 23.6 Å². The number of fused-ring (bicyclic) bond motifs is 3. The second-order valence-electron chi connectivity index (χ2n) is 8.29. The van der Waals surface area contributed by atoms with E-state index in [4.69, 9.17) is 5.73 Å². The number of sulfone groups is 1. The number of aryl methyl sites for hydroxylation is 1. The maximum Gasteiger partial charge on any atom is 0.249 e. The van der Waals surface area contributed by atoms with E-state index < -0.39 is 15.7 Å². The van der Waals surface area contributed by atoms with Gasteiger partial charge in [0.25, 0.3) is 0 Å². The number of hydrogen-bond acceptors (Lipinski definition) is 3. The summed E-state index contributed by atoms with van der Waals surface area (Å²) in [5, 5.41) is 1.68. The molecule has 0 unspecified atom stereocenters. The van der Waals surface area contributed by atoms with Crippen LogP contribution in [0.3, 0.4) is 0 Å². The summed E-state index contributed by atoms with van der Waals surface area (Å²) in [5.41, 5.74) is 10.2. The molecule has 0 spiro atoms. The summed E-state index contributed by atoms with van der Waals surface area (Å²) >= 11 is 0. The van der Waals surface area contributed by atoms with E-state index in [0.29, 0.717) is 17.0 Å². The zero-order valence-electron chi connectivity index (χ0n) is 18.4. The SMILES string of the molecule is CCCCCc1c[c]c2c3c(C(N)=O)cccc3n(Cc3ccc(S(C)(=O)=O)cc3)c2c1. The quantitative estimate of drug-likeness (QED) is 0.391. The van der Waals surface area contributed by atoms with E-state index in [-0.39, 0.29) is 0 Å². The maximum atomic E-state index is 12.1. The fourth-order valence-corrected chi connectivity index (χ4v) is 4.85. The van der Waals surface area contributed by atoms with Crippen molar-refractivity contribution in [3.63, 3.8) is 0 Å². The minimum absolute atomic E-state index is 0.297. The number of carbonyl (C=O) groups is 1. The highest BCUT2D eigenvalue weighted by Crippen LogP contribution is 2.33. The number of nitrogens with zero attached hydrogens (tertiary/aromatic N) is 1. The third-order valence-electron chi connectivity index (χ3n) is 5.88. The van der Waals surface area contributed by atoms with Gasteiger partial charge in [0.15, 0.2) is 9.84 Å². The lowest BCUT2D eigenvalue weighted by Crippen LogP contribution is -2.11. The van der Waals surface area contributed by atoms with Gasteiger partial charge in [-0.15, -0.1) is 0 Å². The highest BCUT2D eigenvalue weighted by Gasteiger charge is 2.17. The number of aromatic nitrogens is 1. The topological polar surface area (TPSA) is 82.2 Å². The Hall–Kier alpha value is -3.12. The summed E-state index contributed by atoms with van der Waals surface area (Å²) in [6, 6.07) is 20.1. The largest absolute Gasteiger partial charge is 0.366 e. The van der Waals surface area contributed by atoms with E-state index in [1.54, 1.807) is 18.2 Å². The molecule has 4 aromatic rings. The van der Waals surface area contributed by atoms with Crippen LogP contribution in [0.1, 0.15) is 47.7 Å². The van der Waals surface area contributed by atoms with Gasteiger partial charge in [-0.05, 0) is 60.4 Å². The van der Waals surface area contributed by atoms with Gasteiger partial charge in [-0.25, -0.2) is 8.42 Å². The number of carbonyl (C=O) groups excluding carboxylic acids is 1. The molecule has 0 aliphatic carbocycles. The molecular weight excluding hydrogens is 420 g/mol. The van der Waals surface area contributed by atoms with Crippen molar-refractivity contribution < 1.29 is 13.2 Å². The number of nitrogens with two attached hydrogens (primary N) is 1. The number of benzene rings is 3. The summed E-state index contributed by atoms with van der Waals surface area (Å²) in [6.07, 6.45) is 5.65. The monoisotopic (exact) mass is 447 g/mol. The highest BCUT2D eigenvalue weighted by atomic mass is 32.2. The lowest BCUT2D eigenvalue weighted by Gasteiger charge is -2.10. The van der Waals surface area contributed by atoms with Crippen LogP contribution in [0.5, 0.6) is 0 Å². The molecule has 0 saturated heterocycles. The highest BCUT2D eigenvalue weighted by molar-refractivity contribution is 7.90. The first kappa shape index (κ1) is 22.1. The third kappa shape index (κ3) is 4.28. The van der Waals surface area contributed by atoms with Crippen LogP contribution in [-0.2, 0) is 22.8 Å². The van der Waals surface area contributed by atoms with Crippen LogP contribution >= 0.6 is 0 Å². The van der Waals surface area contributed by atoms with E-state index in [9.17, 15) is 13.2 Å². The molecule has 5 nitrogen and oxygen atoms in total. The lowest BCUT2D eigenvalue weighted by molar-refractivity contribution is 0.100. The third-order valence-corrected chi connectivity index (χ3v) is 7.01. The average Bonchev–Trinajstić information content (AvgIpc) is 3.07. The Labute approximate surface area is 188 Å². The summed E-state index contributed by atoms with van der Waals surface area (Å²) < 4.78 is 25.8. The van der Waals surface area contributed by atoms with Crippen molar-refractivity contribution in [2.24, 2.45) is 5.73 Å². The molecule has 165 valence electrons. The molecule has 1 heterocycles. The minimum Gasteiger partial charge on any atom is -0.366 e. The first-order valence-corrected chi connectivity index (χ1v) is 12.7. The Morgan fingerprint density at radius 3 is 2.44 bits per heavy atom. The second kappa shape index (κ2) is 8.79. The Morgan fingerprint density at radius 1 is 1.03 bits per heavy atom. The first-order valence-electron chi connectivity index (χ1n) is 10.8. The number of amides is 1. The molecule has 32 heavy (non-hydrogen) atoms. The molecule has 3 aromatic carbocycles. The Morgan fingerprint density at radius 2 is 1.78 bits per heavy atom. The van der Waals surface area contributed by atoms with Crippen LogP contribution in [0.15, 0.2) is 59.5 Å². The van der Waals surface area contributed by atoms with Crippen LogP contribution in [0.25, 0.3) is 21.8 Å². The lowest BCUT2D eigenvalue weighted by atomic mass is 10.0. The molecular formula is C26H27N2O3S.